The van der Waals surface area contributed by atoms with Crippen LogP contribution < -0.4 is 14.8 Å². The highest BCUT2D eigenvalue weighted by Gasteiger charge is 2.18. The van der Waals surface area contributed by atoms with Gasteiger partial charge in [0.05, 0.1) is 12.0 Å². The SMILES string of the molecule is CCc1ccc(C(=O)Nc2ccc(C)c(S(=O)(=O)Nc3ccc(OC)cc3)c2)cc1. The van der Waals surface area contributed by atoms with E-state index >= 15 is 0 Å². The highest BCUT2D eigenvalue weighted by molar-refractivity contribution is 7.92. The lowest BCUT2D eigenvalue weighted by Gasteiger charge is -2.13. The fourth-order valence-electron chi connectivity index (χ4n) is 2.93. The monoisotopic (exact) mass is 424 g/mol. The van der Waals surface area contributed by atoms with Crippen LogP contribution in [0.1, 0.15) is 28.4 Å². The average Bonchev–Trinajstić information content (AvgIpc) is 2.75. The highest BCUT2D eigenvalue weighted by Crippen LogP contribution is 2.24. The number of rotatable bonds is 7. The minimum absolute atomic E-state index is 0.0949. The number of nitrogens with one attached hydrogen (secondary N) is 2. The van der Waals surface area contributed by atoms with Gasteiger partial charge in [-0.05, 0) is 73.0 Å². The zero-order valence-corrected chi connectivity index (χ0v) is 17.9. The van der Waals surface area contributed by atoms with Gasteiger partial charge >= 0.3 is 0 Å². The molecular formula is C23H24N2O4S. The molecule has 0 unspecified atom stereocenters. The molecule has 2 N–H and O–H groups in total. The smallest absolute Gasteiger partial charge is 0.262 e. The van der Waals surface area contributed by atoms with Crippen molar-refractivity contribution in [2.24, 2.45) is 0 Å². The Morgan fingerprint density at radius 3 is 2.17 bits per heavy atom. The number of ether oxygens (including phenoxy) is 1. The molecule has 3 aromatic rings. The van der Waals surface area contributed by atoms with Crippen LogP contribution in [-0.2, 0) is 16.4 Å². The number of sulfonamides is 1. The molecule has 0 spiro atoms. The minimum atomic E-state index is -3.84. The average molecular weight is 425 g/mol. The van der Waals surface area contributed by atoms with Crippen LogP contribution in [0.4, 0.5) is 11.4 Å². The van der Waals surface area contributed by atoms with E-state index in [9.17, 15) is 13.2 Å². The molecule has 7 heteroatoms. The normalized spacial score (nSPS) is 11.0. The number of aryl methyl sites for hydroxylation is 2. The standard InChI is InChI=1S/C23H24N2O4S/c1-4-17-6-8-18(9-7-17)23(26)24-20-10-5-16(2)22(15-20)30(27,28)25-19-11-13-21(29-3)14-12-19/h5-15,25H,4H2,1-3H3,(H,24,26). The van der Waals surface area contributed by atoms with Gasteiger partial charge in [0, 0.05) is 16.9 Å². The van der Waals surface area contributed by atoms with Crippen LogP contribution in [0.2, 0.25) is 0 Å². The first-order valence-corrected chi connectivity index (χ1v) is 11.0. The summed E-state index contributed by atoms with van der Waals surface area (Å²) in [5, 5.41) is 2.77. The van der Waals surface area contributed by atoms with Crippen molar-refractivity contribution in [3.05, 3.63) is 83.4 Å². The van der Waals surface area contributed by atoms with E-state index in [0.29, 0.717) is 28.3 Å². The molecule has 0 aliphatic heterocycles. The van der Waals surface area contributed by atoms with E-state index < -0.39 is 10.0 Å². The van der Waals surface area contributed by atoms with Crippen LogP contribution in [0, 0.1) is 6.92 Å². The summed E-state index contributed by atoms with van der Waals surface area (Å²) in [6, 6.07) is 18.7. The van der Waals surface area contributed by atoms with Gasteiger partial charge in [-0.3, -0.25) is 9.52 Å². The van der Waals surface area contributed by atoms with E-state index in [4.69, 9.17) is 4.74 Å². The third kappa shape index (κ3) is 4.99. The first-order chi connectivity index (χ1) is 14.3. The molecule has 0 aliphatic rings. The van der Waals surface area contributed by atoms with E-state index in [-0.39, 0.29) is 10.8 Å². The highest BCUT2D eigenvalue weighted by atomic mass is 32.2. The second-order valence-electron chi connectivity index (χ2n) is 6.82. The first kappa shape index (κ1) is 21.4. The van der Waals surface area contributed by atoms with Crippen molar-refractivity contribution in [1.82, 2.24) is 0 Å². The number of anilines is 2. The topological polar surface area (TPSA) is 84.5 Å². The molecule has 0 heterocycles. The zero-order chi connectivity index (χ0) is 21.7. The third-order valence-corrected chi connectivity index (χ3v) is 6.23. The van der Waals surface area contributed by atoms with Crippen molar-refractivity contribution < 1.29 is 17.9 Å². The Hall–Kier alpha value is -3.32. The lowest BCUT2D eigenvalue weighted by Crippen LogP contribution is -2.16. The van der Waals surface area contributed by atoms with Crippen molar-refractivity contribution in [1.29, 1.82) is 0 Å². The third-order valence-electron chi connectivity index (χ3n) is 4.70. The molecular weight excluding hydrogens is 400 g/mol. The number of amides is 1. The molecule has 0 aliphatic carbocycles. The number of hydrogen-bond donors (Lipinski definition) is 2. The van der Waals surface area contributed by atoms with Gasteiger partial charge in [0.2, 0.25) is 0 Å². The maximum atomic E-state index is 12.9. The summed E-state index contributed by atoms with van der Waals surface area (Å²) in [6.45, 7) is 3.75. The van der Waals surface area contributed by atoms with Crippen LogP contribution >= 0.6 is 0 Å². The van der Waals surface area contributed by atoms with Crippen molar-refractivity contribution in [3.63, 3.8) is 0 Å². The molecule has 0 fully saturated rings. The molecule has 0 radical (unpaired) electrons. The van der Waals surface area contributed by atoms with Gasteiger partial charge in [0.15, 0.2) is 0 Å². The molecule has 156 valence electrons. The van der Waals surface area contributed by atoms with Gasteiger partial charge in [0.1, 0.15) is 5.75 Å². The lowest BCUT2D eigenvalue weighted by atomic mass is 10.1. The molecule has 0 bridgehead atoms. The second-order valence-corrected chi connectivity index (χ2v) is 8.47. The number of methoxy groups -OCH3 is 1. The van der Waals surface area contributed by atoms with Crippen molar-refractivity contribution in [3.8, 4) is 5.75 Å². The van der Waals surface area contributed by atoms with Gasteiger partial charge in [0.25, 0.3) is 15.9 Å². The summed E-state index contributed by atoms with van der Waals surface area (Å²) < 4.78 is 33.4. The van der Waals surface area contributed by atoms with Gasteiger partial charge in [-0.1, -0.05) is 25.1 Å². The largest absolute Gasteiger partial charge is 0.497 e. The van der Waals surface area contributed by atoms with E-state index in [0.717, 1.165) is 12.0 Å². The Labute approximate surface area is 177 Å². The first-order valence-electron chi connectivity index (χ1n) is 9.50. The van der Waals surface area contributed by atoms with Crippen LogP contribution in [0.3, 0.4) is 0 Å². The van der Waals surface area contributed by atoms with Gasteiger partial charge in [-0.2, -0.15) is 0 Å². The Morgan fingerprint density at radius 2 is 1.57 bits per heavy atom. The number of benzene rings is 3. The Bertz CT molecular complexity index is 1140. The molecule has 1 amide bonds. The zero-order valence-electron chi connectivity index (χ0n) is 17.1. The number of carbonyl (C=O) groups excluding carboxylic acids is 1. The van der Waals surface area contributed by atoms with Gasteiger partial charge in [-0.15, -0.1) is 0 Å². The Kier molecular flexibility index (Phi) is 6.42. The Balaban J connectivity index is 1.81. The molecule has 0 saturated carbocycles. The van der Waals surface area contributed by atoms with E-state index in [1.807, 2.05) is 19.1 Å². The quantitative estimate of drug-likeness (QED) is 0.580. The molecule has 3 rings (SSSR count). The van der Waals surface area contributed by atoms with Crippen LogP contribution in [0.5, 0.6) is 5.75 Å². The molecule has 6 nitrogen and oxygen atoms in total. The summed E-state index contributed by atoms with van der Waals surface area (Å²) in [5.74, 6) is 0.332. The summed E-state index contributed by atoms with van der Waals surface area (Å²) in [5.41, 5.74) is 3.04. The second kappa shape index (κ2) is 9.00. The summed E-state index contributed by atoms with van der Waals surface area (Å²) >= 11 is 0. The van der Waals surface area contributed by atoms with Crippen molar-refractivity contribution >= 4 is 27.3 Å². The predicted molar refractivity (Wildman–Crippen MR) is 119 cm³/mol. The summed E-state index contributed by atoms with van der Waals surface area (Å²) in [6.07, 6.45) is 0.891. The molecule has 0 aromatic heterocycles. The fraction of sp³-hybridized carbons (Fsp3) is 0.174. The van der Waals surface area contributed by atoms with Crippen molar-refractivity contribution in [2.45, 2.75) is 25.2 Å². The number of carbonyl (C=O) groups is 1. The minimum Gasteiger partial charge on any atom is -0.497 e. The summed E-state index contributed by atoms with van der Waals surface area (Å²) in [7, 11) is -2.30. The summed E-state index contributed by atoms with van der Waals surface area (Å²) in [4.78, 5) is 12.6. The maximum Gasteiger partial charge on any atom is 0.262 e. The molecule has 30 heavy (non-hydrogen) atoms. The van der Waals surface area contributed by atoms with Crippen LogP contribution in [0.25, 0.3) is 0 Å². The lowest BCUT2D eigenvalue weighted by molar-refractivity contribution is 0.102. The number of hydrogen-bond acceptors (Lipinski definition) is 4. The van der Waals surface area contributed by atoms with Gasteiger partial charge < -0.3 is 10.1 Å². The Morgan fingerprint density at radius 1 is 0.933 bits per heavy atom. The molecule has 3 aromatic carbocycles. The maximum absolute atomic E-state index is 12.9. The van der Waals surface area contributed by atoms with Crippen LogP contribution in [-0.4, -0.2) is 21.4 Å². The van der Waals surface area contributed by atoms with Crippen molar-refractivity contribution in [2.75, 3.05) is 17.1 Å². The predicted octanol–water partition coefficient (Wildman–Crippen LogP) is 4.62. The van der Waals surface area contributed by atoms with E-state index in [1.54, 1.807) is 62.6 Å². The molecule has 0 saturated heterocycles. The van der Waals surface area contributed by atoms with Crippen LogP contribution in [0.15, 0.2) is 71.6 Å². The van der Waals surface area contributed by atoms with Gasteiger partial charge in [-0.25, -0.2) is 8.42 Å². The fourth-order valence-corrected chi connectivity index (χ4v) is 4.26. The van der Waals surface area contributed by atoms with E-state index in [1.165, 1.54) is 6.07 Å². The molecule has 0 atom stereocenters. The van der Waals surface area contributed by atoms with E-state index in [2.05, 4.69) is 10.0 Å².